The molecule has 0 saturated heterocycles. The number of hydrogen-bond acceptors (Lipinski definition) is 0. The molecule has 2 aromatic rings. The van der Waals surface area contributed by atoms with Gasteiger partial charge in [-0.15, -0.1) is 0 Å². The van der Waals surface area contributed by atoms with Crippen molar-refractivity contribution in [2.24, 2.45) is 0 Å². The fourth-order valence-electron chi connectivity index (χ4n) is 1.53. The number of rotatable bonds is 4. The minimum atomic E-state index is 1.22. The van der Waals surface area contributed by atoms with Gasteiger partial charge in [-0.3, -0.25) is 0 Å². The molecule has 0 aliphatic rings. The van der Waals surface area contributed by atoms with Crippen LogP contribution in [0.3, 0.4) is 0 Å². The summed E-state index contributed by atoms with van der Waals surface area (Å²) in [5.74, 6) is 0. The van der Waals surface area contributed by atoms with Crippen LogP contribution in [-0.2, 0) is 0 Å². The van der Waals surface area contributed by atoms with Crippen LogP contribution in [-0.4, -0.2) is 0 Å². The summed E-state index contributed by atoms with van der Waals surface area (Å²) >= 11 is 0. The summed E-state index contributed by atoms with van der Waals surface area (Å²) in [4.78, 5) is 0. The largest absolute Gasteiger partial charge is 0.0761 e. The van der Waals surface area contributed by atoms with Gasteiger partial charge in [0.15, 0.2) is 0 Å². The third-order valence-electron chi connectivity index (χ3n) is 2.40. The Labute approximate surface area is 103 Å². The fourth-order valence-corrected chi connectivity index (χ4v) is 1.53. The molecule has 0 aliphatic heterocycles. The summed E-state index contributed by atoms with van der Waals surface area (Å²) < 4.78 is 0. The van der Waals surface area contributed by atoms with Gasteiger partial charge in [-0.05, 0) is 11.1 Å². The van der Waals surface area contributed by atoms with E-state index < -0.39 is 0 Å². The van der Waals surface area contributed by atoms with Crippen molar-refractivity contribution in [2.75, 3.05) is 0 Å². The number of benzene rings is 2. The van der Waals surface area contributed by atoms with Crippen LogP contribution in [0.15, 0.2) is 72.8 Å². The zero-order valence-corrected chi connectivity index (χ0v) is 9.66. The number of hydrogen-bond donors (Lipinski definition) is 0. The van der Waals surface area contributed by atoms with E-state index in [1.165, 1.54) is 11.1 Å². The van der Waals surface area contributed by atoms with E-state index in [1.54, 1.807) is 0 Å². The molecule has 0 fully saturated rings. The first-order chi connectivity index (χ1) is 8.45. The first kappa shape index (κ1) is 11.4. The Kier molecular flexibility index (Phi) is 4.36. The van der Waals surface area contributed by atoms with Crippen molar-refractivity contribution in [1.29, 1.82) is 0 Å². The van der Waals surface area contributed by atoms with Crippen molar-refractivity contribution in [2.45, 2.75) is 0 Å². The van der Waals surface area contributed by atoms with E-state index in [4.69, 9.17) is 0 Å². The molecule has 2 rings (SSSR count). The standard InChI is InChI=1S/C17H15/c1-4-10-16(11-5-1)14-8-3-9-15-17-12-6-2-7-13-17/h1-15H/b14-8+,15-9?. The van der Waals surface area contributed by atoms with Gasteiger partial charge in [0.2, 0.25) is 0 Å². The lowest BCUT2D eigenvalue weighted by atomic mass is 10.2. The summed E-state index contributed by atoms with van der Waals surface area (Å²) in [5.41, 5.74) is 2.44. The Morgan fingerprint density at radius 2 is 0.941 bits per heavy atom. The smallest absolute Gasteiger partial charge is 0.00510 e. The summed E-state index contributed by atoms with van der Waals surface area (Å²) in [6.07, 6.45) is 10.3. The minimum Gasteiger partial charge on any atom is -0.0761 e. The summed E-state index contributed by atoms with van der Waals surface area (Å²) in [6, 6.07) is 20.6. The van der Waals surface area contributed by atoms with Gasteiger partial charge in [-0.25, -0.2) is 0 Å². The molecule has 0 aromatic heterocycles. The molecule has 1 radical (unpaired) electrons. The maximum Gasteiger partial charge on any atom is 0.00510 e. The Morgan fingerprint density at radius 3 is 1.35 bits per heavy atom. The highest BCUT2D eigenvalue weighted by Gasteiger charge is 1.83. The Balaban J connectivity index is 1.84. The molecule has 0 amide bonds. The predicted molar refractivity (Wildman–Crippen MR) is 75.3 cm³/mol. The van der Waals surface area contributed by atoms with Crippen molar-refractivity contribution < 1.29 is 0 Å². The minimum absolute atomic E-state index is 1.22. The molecule has 0 unspecified atom stereocenters. The lowest BCUT2D eigenvalue weighted by Crippen LogP contribution is -1.70. The molecule has 0 N–H and O–H groups in total. The van der Waals surface area contributed by atoms with Crippen LogP contribution in [0.4, 0.5) is 0 Å². The Hall–Kier alpha value is -2.08. The second kappa shape index (κ2) is 6.49. The van der Waals surface area contributed by atoms with Gasteiger partial charge in [-0.1, -0.05) is 85.0 Å². The van der Waals surface area contributed by atoms with Crippen molar-refractivity contribution in [3.05, 3.63) is 90.4 Å². The van der Waals surface area contributed by atoms with E-state index in [0.717, 1.165) is 0 Å². The van der Waals surface area contributed by atoms with Gasteiger partial charge in [-0.2, -0.15) is 0 Å². The van der Waals surface area contributed by atoms with Crippen LogP contribution in [0.25, 0.3) is 12.2 Å². The van der Waals surface area contributed by atoms with Gasteiger partial charge >= 0.3 is 0 Å². The zero-order valence-electron chi connectivity index (χ0n) is 9.66. The van der Waals surface area contributed by atoms with Crippen LogP contribution in [0.1, 0.15) is 11.1 Å². The molecule has 2 aromatic carbocycles. The molecule has 0 bridgehead atoms. The number of allylic oxidation sites excluding steroid dienone is 2. The Bertz CT molecular complexity index is 430. The van der Waals surface area contributed by atoms with E-state index >= 15 is 0 Å². The molecule has 17 heavy (non-hydrogen) atoms. The molecule has 0 nitrogen and oxygen atoms in total. The highest BCUT2D eigenvalue weighted by atomic mass is 13.9. The summed E-state index contributed by atoms with van der Waals surface area (Å²) in [6.45, 7) is 0. The second-order valence-corrected chi connectivity index (χ2v) is 3.73. The topological polar surface area (TPSA) is 0 Å². The van der Waals surface area contributed by atoms with E-state index in [9.17, 15) is 0 Å². The van der Waals surface area contributed by atoms with Crippen molar-refractivity contribution >= 4 is 12.2 Å². The molecular weight excluding hydrogens is 204 g/mol. The maximum absolute atomic E-state index is 2.09. The molecule has 0 heterocycles. The lowest BCUT2D eigenvalue weighted by Gasteiger charge is -1.91. The van der Waals surface area contributed by atoms with Crippen molar-refractivity contribution in [3.8, 4) is 0 Å². The third-order valence-corrected chi connectivity index (χ3v) is 2.40. The molecule has 0 spiro atoms. The Morgan fingerprint density at radius 1 is 0.529 bits per heavy atom. The average Bonchev–Trinajstić information content (AvgIpc) is 2.41. The van der Waals surface area contributed by atoms with Gasteiger partial charge in [0.05, 0.1) is 0 Å². The SMILES string of the molecule is [CH](C=Cc1ccccc1)/C=C/c1ccccc1. The lowest BCUT2D eigenvalue weighted by molar-refractivity contribution is 1.64. The van der Waals surface area contributed by atoms with Gasteiger partial charge < -0.3 is 0 Å². The van der Waals surface area contributed by atoms with E-state index in [2.05, 4.69) is 48.6 Å². The van der Waals surface area contributed by atoms with Gasteiger partial charge in [0.25, 0.3) is 0 Å². The van der Waals surface area contributed by atoms with Crippen LogP contribution in [0.2, 0.25) is 0 Å². The maximum atomic E-state index is 2.09. The second-order valence-electron chi connectivity index (χ2n) is 3.73. The summed E-state index contributed by atoms with van der Waals surface area (Å²) in [7, 11) is 0. The van der Waals surface area contributed by atoms with Crippen LogP contribution in [0, 0.1) is 6.42 Å². The monoisotopic (exact) mass is 219 g/mol. The van der Waals surface area contributed by atoms with E-state index in [-0.39, 0.29) is 0 Å². The van der Waals surface area contributed by atoms with Gasteiger partial charge in [0, 0.05) is 6.42 Å². The normalized spacial score (nSPS) is 11.3. The molecule has 0 atom stereocenters. The van der Waals surface area contributed by atoms with Crippen LogP contribution >= 0.6 is 0 Å². The zero-order chi connectivity index (χ0) is 11.8. The predicted octanol–water partition coefficient (Wildman–Crippen LogP) is 4.62. The summed E-state index contributed by atoms with van der Waals surface area (Å²) in [5, 5.41) is 0. The third kappa shape index (κ3) is 4.12. The molecule has 0 heteroatoms. The highest BCUT2D eigenvalue weighted by molar-refractivity contribution is 5.54. The molecule has 83 valence electrons. The average molecular weight is 219 g/mol. The van der Waals surface area contributed by atoms with Gasteiger partial charge in [0.1, 0.15) is 0 Å². The first-order valence-electron chi connectivity index (χ1n) is 5.73. The fraction of sp³-hybridized carbons (Fsp3) is 0. The first-order valence-corrected chi connectivity index (χ1v) is 5.73. The van der Waals surface area contributed by atoms with Crippen LogP contribution < -0.4 is 0 Å². The molecular formula is C17H15. The van der Waals surface area contributed by atoms with Crippen LogP contribution in [0.5, 0.6) is 0 Å². The van der Waals surface area contributed by atoms with E-state index in [0.29, 0.717) is 0 Å². The molecule has 0 saturated carbocycles. The van der Waals surface area contributed by atoms with Crippen molar-refractivity contribution in [3.63, 3.8) is 0 Å². The van der Waals surface area contributed by atoms with Crippen molar-refractivity contribution in [1.82, 2.24) is 0 Å². The quantitative estimate of drug-likeness (QED) is 0.704. The molecule has 0 aliphatic carbocycles. The van der Waals surface area contributed by atoms with E-state index in [1.807, 2.05) is 42.8 Å². The highest BCUT2D eigenvalue weighted by Crippen LogP contribution is 2.04.